The normalized spacial score (nSPS) is 16.8. The molecule has 7 nitrogen and oxygen atoms in total. The number of thiazole rings is 1. The Balaban J connectivity index is 1.23. The van der Waals surface area contributed by atoms with Gasteiger partial charge in [0.25, 0.3) is 0 Å². The molecule has 3 aromatic carbocycles. The highest BCUT2D eigenvalue weighted by atomic mass is 32.1. The van der Waals surface area contributed by atoms with Crippen molar-refractivity contribution in [2.45, 2.75) is 52.5 Å². The van der Waals surface area contributed by atoms with Crippen LogP contribution in [0.4, 0.5) is 0 Å². The molecule has 7 rings (SSSR count). The topological polar surface area (TPSA) is 103 Å². The largest absolute Gasteiger partial charge is 0.481 e. The second-order valence-electron chi connectivity index (χ2n) is 11.7. The lowest BCUT2D eigenvalue weighted by atomic mass is 9.91. The van der Waals surface area contributed by atoms with Crippen LogP contribution >= 0.6 is 11.3 Å². The number of rotatable bonds is 6. The molecule has 2 aliphatic rings. The minimum atomic E-state index is -0.752. The van der Waals surface area contributed by atoms with Gasteiger partial charge in [0, 0.05) is 29.1 Å². The quantitative estimate of drug-likeness (QED) is 0.218. The van der Waals surface area contributed by atoms with Gasteiger partial charge in [0.15, 0.2) is 5.58 Å². The smallest absolute Gasteiger partial charge is 0.307 e. The van der Waals surface area contributed by atoms with Gasteiger partial charge in [-0.15, -0.1) is 11.3 Å². The summed E-state index contributed by atoms with van der Waals surface area (Å²) in [7, 11) is 0. The fourth-order valence-electron chi connectivity index (χ4n) is 6.60. The molecule has 0 unspecified atom stereocenters. The lowest BCUT2D eigenvalue weighted by molar-refractivity contribution is -0.141. The van der Waals surface area contributed by atoms with Crippen LogP contribution in [-0.2, 0) is 24.2 Å². The number of carbonyl (C=O) groups is 1. The van der Waals surface area contributed by atoms with Gasteiger partial charge in [-0.25, -0.2) is 9.97 Å². The number of carboxylic acid groups (broad SMARTS) is 1. The molecule has 0 bridgehead atoms. The van der Waals surface area contributed by atoms with Crippen LogP contribution in [0.3, 0.4) is 0 Å². The molecule has 1 aliphatic heterocycles. The number of aliphatic carboxylic acids is 1. The third-order valence-corrected chi connectivity index (χ3v) is 10.2. The number of fused-ring (bicyclic) bond motifs is 2. The number of oxazole rings is 1. The van der Waals surface area contributed by atoms with E-state index in [1.807, 2.05) is 35.6 Å². The van der Waals surface area contributed by atoms with Gasteiger partial charge in [-0.2, -0.15) is 5.26 Å². The van der Waals surface area contributed by atoms with Crippen LogP contribution in [0.15, 0.2) is 52.9 Å². The Bertz CT molecular complexity index is 1910. The zero-order valence-corrected chi connectivity index (χ0v) is 25.1. The van der Waals surface area contributed by atoms with Crippen LogP contribution in [0.5, 0.6) is 0 Å². The van der Waals surface area contributed by atoms with E-state index >= 15 is 0 Å². The first-order valence-electron chi connectivity index (χ1n) is 14.9. The minimum Gasteiger partial charge on any atom is -0.481 e. The summed E-state index contributed by atoms with van der Waals surface area (Å²) < 4.78 is 6.26. The van der Waals surface area contributed by atoms with Crippen molar-refractivity contribution in [1.82, 2.24) is 14.9 Å². The third-order valence-electron chi connectivity index (χ3n) is 8.96. The van der Waals surface area contributed by atoms with Gasteiger partial charge in [0.1, 0.15) is 16.6 Å². The van der Waals surface area contributed by atoms with Crippen molar-refractivity contribution in [3.8, 4) is 39.2 Å². The van der Waals surface area contributed by atoms with E-state index in [9.17, 15) is 15.2 Å². The Morgan fingerprint density at radius 1 is 1.05 bits per heavy atom. The Hall–Kier alpha value is -4.32. The Kier molecular flexibility index (Phi) is 7.08. The van der Waals surface area contributed by atoms with E-state index in [0.29, 0.717) is 42.1 Å². The van der Waals surface area contributed by atoms with E-state index in [0.717, 1.165) is 52.2 Å². The second kappa shape index (κ2) is 11.1. The van der Waals surface area contributed by atoms with Crippen LogP contribution in [0.25, 0.3) is 44.3 Å². The molecular formula is C35H32N4O3S. The maximum absolute atomic E-state index is 11.4. The molecule has 0 spiro atoms. The highest BCUT2D eigenvalue weighted by molar-refractivity contribution is 7.15. The predicted octanol–water partition coefficient (Wildman–Crippen LogP) is 7.56. The van der Waals surface area contributed by atoms with Gasteiger partial charge in [-0.1, -0.05) is 30.3 Å². The molecule has 3 heterocycles. The highest BCUT2D eigenvalue weighted by Gasteiger charge is 2.28. The Labute approximate surface area is 254 Å². The Morgan fingerprint density at radius 2 is 1.77 bits per heavy atom. The summed E-state index contributed by atoms with van der Waals surface area (Å²) in [4.78, 5) is 24.8. The van der Waals surface area contributed by atoms with Crippen LogP contribution in [-0.4, -0.2) is 39.0 Å². The Morgan fingerprint density at radius 3 is 2.49 bits per heavy atom. The number of nitrogens with zero attached hydrogens (tertiary/aromatic N) is 4. The highest BCUT2D eigenvalue weighted by Crippen LogP contribution is 2.40. The first-order valence-corrected chi connectivity index (χ1v) is 15.7. The number of likely N-dealkylation sites (tertiary alicyclic amines) is 1. The molecule has 1 fully saturated rings. The van der Waals surface area contributed by atoms with Crippen molar-refractivity contribution in [2.24, 2.45) is 5.92 Å². The summed E-state index contributed by atoms with van der Waals surface area (Å²) in [5, 5.41) is 20.4. The summed E-state index contributed by atoms with van der Waals surface area (Å²) in [5.41, 5.74) is 10.3. The van der Waals surface area contributed by atoms with Crippen molar-refractivity contribution in [1.29, 1.82) is 5.26 Å². The molecule has 1 atom stereocenters. The van der Waals surface area contributed by atoms with E-state index < -0.39 is 5.97 Å². The van der Waals surface area contributed by atoms with Gasteiger partial charge in [-0.3, -0.25) is 9.69 Å². The van der Waals surface area contributed by atoms with Crippen LogP contribution < -0.4 is 0 Å². The zero-order valence-electron chi connectivity index (χ0n) is 24.3. The van der Waals surface area contributed by atoms with Gasteiger partial charge in [-0.05, 0) is 98.5 Å². The average Bonchev–Trinajstić information content (AvgIpc) is 3.75. The SMILES string of the molecule is Cc1c(-c2nc3cc(CN4CC[C@@H](C(=O)O)C4)cc(C#N)c3o2)cccc1-c1cccc(-c2nc3c(s2)CCCC3)c1C. The third kappa shape index (κ3) is 5.03. The van der Waals surface area contributed by atoms with Crippen molar-refractivity contribution < 1.29 is 14.3 Å². The number of hydrogen-bond donors (Lipinski definition) is 1. The predicted molar refractivity (Wildman–Crippen MR) is 168 cm³/mol. The average molecular weight is 589 g/mol. The number of nitriles is 1. The zero-order chi connectivity index (χ0) is 29.7. The van der Waals surface area contributed by atoms with Crippen LogP contribution in [0, 0.1) is 31.1 Å². The monoisotopic (exact) mass is 588 g/mol. The van der Waals surface area contributed by atoms with E-state index in [4.69, 9.17) is 14.4 Å². The minimum absolute atomic E-state index is 0.343. The van der Waals surface area contributed by atoms with Crippen molar-refractivity contribution in [2.75, 3.05) is 13.1 Å². The number of carboxylic acids is 1. The number of hydrogen-bond acceptors (Lipinski definition) is 7. The lowest BCUT2D eigenvalue weighted by Gasteiger charge is -2.15. The van der Waals surface area contributed by atoms with Gasteiger partial charge >= 0.3 is 5.97 Å². The molecule has 43 heavy (non-hydrogen) atoms. The molecule has 1 N–H and O–H groups in total. The standard InChI is InChI=1S/C35H32N4O3S/c1-20-25(26-8-6-10-28(21(26)2)34-38-29-11-3-4-12-31(29)43-34)7-5-9-27(20)33-37-30-16-22(15-24(17-36)32(30)42-33)18-39-14-13-23(19-39)35(40)41/h5-10,15-16,23H,3-4,11-14,18-19H2,1-2H3,(H,40,41)/t23-/m1/s1. The van der Waals surface area contributed by atoms with Gasteiger partial charge in [0.05, 0.1) is 17.2 Å². The molecule has 1 aliphatic carbocycles. The maximum Gasteiger partial charge on any atom is 0.307 e. The van der Waals surface area contributed by atoms with E-state index in [1.54, 1.807) is 0 Å². The molecule has 0 saturated carbocycles. The molecule has 2 aromatic heterocycles. The van der Waals surface area contributed by atoms with Crippen molar-refractivity contribution in [3.05, 3.63) is 81.4 Å². The fourth-order valence-corrected chi connectivity index (χ4v) is 7.83. The van der Waals surface area contributed by atoms with Gasteiger partial charge < -0.3 is 9.52 Å². The summed E-state index contributed by atoms with van der Waals surface area (Å²) in [6.07, 6.45) is 5.32. The molecule has 8 heteroatoms. The second-order valence-corrected chi connectivity index (χ2v) is 12.8. The number of benzene rings is 3. The maximum atomic E-state index is 11.4. The lowest BCUT2D eigenvalue weighted by Crippen LogP contribution is -2.22. The molecule has 0 amide bonds. The summed E-state index contributed by atoms with van der Waals surface area (Å²) >= 11 is 1.84. The summed E-state index contributed by atoms with van der Waals surface area (Å²) in [6.45, 7) is 6.07. The summed E-state index contributed by atoms with van der Waals surface area (Å²) in [5.74, 6) is -0.612. The van der Waals surface area contributed by atoms with Crippen molar-refractivity contribution in [3.63, 3.8) is 0 Å². The van der Waals surface area contributed by atoms with Crippen LogP contribution in [0.2, 0.25) is 0 Å². The summed E-state index contributed by atoms with van der Waals surface area (Å²) in [6, 6.07) is 18.7. The number of aromatic nitrogens is 2. The first-order chi connectivity index (χ1) is 20.9. The van der Waals surface area contributed by atoms with E-state index in [2.05, 4.69) is 49.1 Å². The molecular weight excluding hydrogens is 556 g/mol. The number of aryl methyl sites for hydroxylation is 2. The first kappa shape index (κ1) is 27.5. The molecule has 0 radical (unpaired) electrons. The molecule has 5 aromatic rings. The van der Waals surface area contributed by atoms with Crippen molar-refractivity contribution >= 4 is 28.4 Å². The van der Waals surface area contributed by atoms with E-state index in [-0.39, 0.29) is 5.92 Å². The van der Waals surface area contributed by atoms with Gasteiger partial charge in [0.2, 0.25) is 5.89 Å². The fraction of sp³-hybridized carbons (Fsp3) is 0.314. The van der Waals surface area contributed by atoms with Crippen LogP contribution in [0.1, 0.15) is 52.1 Å². The molecule has 1 saturated heterocycles. The molecule has 216 valence electrons. The van der Waals surface area contributed by atoms with E-state index in [1.165, 1.54) is 34.5 Å².